The standard InChI is InChI=1S/C22H24O8/c1-11-14(9-28-22(11)24)19(12-5-15(23)20(27-4)16(6-12)25-2)13-7-17(26-3)21-18(8-13)29-10-30-21/h5-8,11,14,19,23H,9-10H2,1-4H3. The van der Waals surface area contributed by atoms with Gasteiger partial charge in [-0.1, -0.05) is 6.92 Å². The van der Waals surface area contributed by atoms with Crippen LogP contribution in [-0.4, -0.2) is 45.8 Å². The van der Waals surface area contributed by atoms with Crippen molar-refractivity contribution < 1.29 is 38.3 Å². The number of cyclic esters (lactones) is 1. The molecule has 160 valence electrons. The average Bonchev–Trinajstić information content (AvgIpc) is 3.35. The van der Waals surface area contributed by atoms with Gasteiger partial charge in [-0.3, -0.25) is 4.79 Å². The second-order valence-corrected chi connectivity index (χ2v) is 7.29. The number of ether oxygens (including phenoxy) is 6. The Morgan fingerprint density at radius 3 is 2.30 bits per heavy atom. The van der Waals surface area contributed by atoms with E-state index < -0.39 is 0 Å². The number of rotatable bonds is 6. The zero-order chi connectivity index (χ0) is 21.4. The van der Waals surface area contributed by atoms with E-state index >= 15 is 0 Å². The lowest BCUT2D eigenvalue weighted by Crippen LogP contribution is -2.21. The van der Waals surface area contributed by atoms with Gasteiger partial charge < -0.3 is 33.5 Å². The van der Waals surface area contributed by atoms with E-state index in [-0.39, 0.29) is 48.6 Å². The van der Waals surface area contributed by atoms with Crippen molar-refractivity contribution in [2.45, 2.75) is 12.8 Å². The molecule has 1 fully saturated rings. The van der Waals surface area contributed by atoms with Gasteiger partial charge >= 0.3 is 5.97 Å². The van der Waals surface area contributed by atoms with E-state index in [0.29, 0.717) is 23.0 Å². The molecule has 3 atom stereocenters. The first-order valence-corrected chi connectivity index (χ1v) is 9.57. The zero-order valence-electron chi connectivity index (χ0n) is 17.3. The fourth-order valence-electron chi connectivity index (χ4n) is 4.17. The Labute approximate surface area is 174 Å². The molecule has 0 spiro atoms. The predicted octanol–water partition coefficient (Wildman–Crippen LogP) is 3.09. The largest absolute Gasteiger partial charge is 0.504 e. The van der Waals surface area contributed by atoms with Crippen LogP contribution in [0.2, 0.25) is 0 Å². The molecular formula is C22H24O8. The number of esters is 1. The molecule has 2 aliphatic heterocycles. The van der Waals surface area contributed by atoms with E-state index in [9.17, 15) is 9.90 Å². The minimum absolute atomic E-state index is 0.0533. The third-order valence-electron chi connectivity index (χ3n) is 5.74. The molecule has 8 nitrogen and oxygen atoms in total. The molecule has 0 bridgehead atoms. The maximum atomic E-state index is 12.2. The van der Waals surface area contributed by atoms with Crippen LogP contribution >= 0.6 is 0 Å². The summed E-state index contributed by atoms with van der Waals surface area (Å²) in [5.74, 6) is 1.18. The van der Waals surface area contributed by atoms with Crippen LogP contribution < -0.4 is 23.7 Å². The molecule has 2 aromatic rings. The summed E-state index contributed by atoms with van der Waals surface area (Å²) in [6.45, 7) is 2.22. The summed E-state index contributed by atoms with van der Waals surface area (Å²) >= 11 is 0. The zero-order valence-corrected chi connectivity index (χ0v) is 17.3. The van der Waals surface area contributed by atoms with Crippen LogP contribution in [0.3, 0.4) is 0 Å². The smallest absolute Gasteiger partial charge is 0.309 e. The van der Waals surface area contributed by atoms with Crippen LogP contribution in [0.15, 0.2) is 24.3 Å². The Morgan fingerprint density at radius 1 is 0.967 bits per heavy atom. The van der Waals surface area contributed by atoms with Crippen molar-refractivity contribution in [2.24, 2.45) is 11.8 Å². The van der Waals surface area contributed by atoms with Crippen LogP contribution in [0.25, 0.3) is 0 Å². The summed E-state index contributed by atoms with van der Waals surface area (Å²) < 4.78 is 32.6. The Kier molecular flexibility index (Phi) is 5.24. The van der Waals surface area contributed by atoms with Crippen molar-refractivity contribution in [2.75, 3.05) is 34.7 Å². The number of hydrogen-bond donors (Lipinski definition) is 1. The highest BCUT2D eigenvalue weighted by atomic mass is 16.7. The van der Waals surface area contributed by atoms with Crippen molar-refractivity contribution in [3.05, 3.63) is 35.4 Å². The summed E-state index contributed by atoms with van der Waals surface area (Å²) in [4.78, 5) is 12.2. The topological polar surface area (TPSA) is 92.7 Å². The van der Waals surface area contributed by atoms with Gasteiger partial charge in [0, 0.05) is 11.8 Å². The first-order valence-electron chi connectivity index (χ1n) is 9.57. The molecule has 0 saturated carbocycles. The van der Waals surface area contributed by atoms with Crippen molar-refractivity contribution in [1.29, 1.82) is 0 Å². The van der Waals surface area contributed by atoms with Crippen molar-refractivity contribution in [3.8, 4) is 34.5 Å². The minimum atomic E-state index is -0.332. The summed E-state index contributed by atoms with van der Waals surface area (Å²) in [5.41, 5.74) is 1.60. The predicted molar refractivity (Wildman–Crippen MR) is 106 cm³/mol. The number of carbonyl (C=O) groups excluding carboxylic acids is 1. The SMILES string of the molecule is COc1cc(C(c2cc(OC)c3c(c2)OCO3)C2COC(=O)C2C)cc(O)c1OC. The molecule has 1 saturated heterocycles. The average molecular weight is 416 g/mol. The molecule has 2 aromatic carbocycles. The maximum Gasteiger partial charge on any atom is 0.309 e. The van der Waals surface area contributed by atoms with Crippen molar-refractivity contribution in [3.63, 3.8) is 0 Å². The molecule has 0 aliphatic carbocycles. The molecular weight excluding hydrogens is 392 g/mol. The first-order chi connectivity index (χ1) is 14.5. The third kappa shape index (κ3) is 3.22. The summed E-state index contributed by atoms with van der Waals surface area (Å²) in [6.07, 6.45) is 0. The second-order valence-electron chi connectivity index (χ2n) is 7.29. The molecule has 2 heterocycles. The van der Waals surface area contributed by atoms with Gasteiger partial charge in [0.2, 0.25) is 18.3 Å². The van der Waals surface area contributed by atoms with Gasteiger partial charge in [0.1, 0.15) is 0 Å². The van der Waals surface area contributed by atoms with Gasteiger partial charge in [-0.2, -0.15) is 0 Å². The fraction of sp³-hybridized carbons (Fsp3) is 0.409. The summed E-state index contributed by atoms with van der Waals surface area (Å²) in [6, 6.07) is 7.16. The van der Waals surface area contributed by atoms with Gasteiger partial charge in [0.15, 0.2) is 23.0 Å². The monoisotopic (exact) mass is 416 g/mol. The Morgan fingerprint density at radius 2 is 1.67 bits per heavy atom. The molecule has 0 radical (unpaired) electrons. The first kappa shape index (κ1) is 20.0. The lowest BCUT2D eigenvalue weighted by Gasteiger charge is -2.27. The molecule has 4 rings (SSSR count). The molecule has 8 heteroatoms. The number of benzene rings is 2. The summed E-state index contributed by atoms with van der Waals surface area (Å²) in [5, 5.41) is 10.5. The van der Waals surface area contributed by atoms with E-state index in [1.165, 1.54) is 14.2 Å². The second kappa shape index (κ2) is 7.85. The number of carbonyl (C=O) groups is 1. The van der Waals surface area contributed by atoms with Crippen molar-refractivity contribution >= 4 is 5.97 Å². The highest BCUT2D eigenvalue weighted by Gasteiger charge is 2.41. The van der Waals surface area contributed by atoms with Crippen LogP contribution in [-0.2, 0) is 9.53 Å². The lowest BCUT2D eigenvalue weighted by molar-refractivity contribution is -0.140. The maximum absolute atomic E-state index is 12.2. The quantitative estimate of drug-likeness (QED) is 0.719. The molecule has 2 aliphatic rings. The van der Waals surface area contributed by atoms with E-state index in [4.69, 9.17) is 28.4 Å². The van der Waals surface area contributed by atoms with Crippen LogP contribution in [0.5, 0.6) is 34.5 Å². The highest BCUT2D eigenvalue weighted by Crippen LogP contribution is 2.49. The fourth-order valence-corrected chi connectivity index (χ4v) is 4.17. The van der Waals surface area contributed by atoms with E-state index in [1.807, 2.05) is 19.1 Å². The highest BCUT2D eigenvalue weighted by molar-refractivity contribution is 5.75. The van der Waals surface area contributed by atoms with E-state index in [2.05, 4.69) is 0 Å². The van der Waals surface area contributed by atoms with Gasteiger partial charge in [0.25, 0.3) is 0 Å². The Hall–Kier alpha value is -3.29. The third-order valence-corrected chi connectivity index (χ3v) is 5.74. The number of aromatic hydroxyl groups is 1. The van der Waals surface area contributed by atoms with Crippen molar-refractivity contribution in [1.82, 2.24) is 0 Å². The van der Waals surface area contributed by atoms with Crippen LogP contribution in [0.4, 0.5) is 0 Å². The molecule has 0 aromatic heterocycles. The minimum Gasteiger partial charge on any atom is -0.504 e. The van der Waals surface area contributed by atoms with Crippen LogP contribution in [0, 0.1) is 11.8 Å². The normalized spacial score (nSPS) is 20.6. The van der Waals surface area contributed by atoms with Gasteiger partial charge in [-0.25, -0.2) is 0 Å². The van der Waals surface area contributed by atoms with Gasteiger partial charge in [-0.05, 0) is 35.4 Å². The number of fused-ring (bicyclic) bond motifs is 1. The van der Waals surface area contributed by atoms with Gasteiger partial charge in [0.05, 0.1) is 33.9 Å². The Bertz CT molecular complexity index is 970. The Balaban J connectivity index is 1.89. The lowest BCUT2D eigenvalue weighted by atomic mass is 9.76. The number of phenolic OH excluding ortho intramolecular Hbond substituents is 1. The molecule has 0 amide bonds. The molecule has 1 N–H and O–H groups in total. The van der Waals surface area contributed by atoms with E-state index in [1.54, 1.807) is 19.2 Å². The number of phenols is 1. The summed E-state index contributed by atoms with van der Waals surface area (Å²) in [7, 11) is 4.52. The molecule has 3 unspecified atom stereocenters. The van der Waals surface area contributed by atoms with Gasteiger partial charge in [-0.15, -0.1) is 0 Å². The van der Waals surface area contributed by atoms with E-state index in [0.717, 1.165) is 11.1 Å². The number of methoxy groups -OCH3 is 3. The van der Waals surface area contributed by atoms with Crippen LogP contribution in [0.1, 0.15) is 24.0 Å². The number of hydrogen-bond acceptors (Lipinski definition) is 8. The molecule has 30 heavy (non-hydrogen) atoms.